The van der Waals surface area contributed by atoms with Crippen molar-refractivity contribution in [2.24, 2.45) is 0 Å². The molecule has 3 aromatic rings. The van der Waals surface area contributed by atoms with Crippen LogP contribution in [0.25, 0.3) is 5.69 Å². The standard InChI is InChI=1S/C22H23ClN4O/c23-18-9-11-19(12-10-18)27-16-20(22(28)25-26-13-5-2-6-14-26)24-21(27)15-17-7-3-1-4-8-17/h1,3-4,7-12,16H,2,5-6,13-15H2,(H,25,28). The average Bonchev–Trinajstić information content (AvgIpc) is 3.14. The first kappa shape index (κ1) is 18.7. The van der Waals surface area contributed by atoms with Gasteiger partial charge in [-0.05, 0) is 42.7 Å². The summed E-state index contributed by atoms with van der Waals surface area (Å²) in [4.78, 5) is 17.4. The fourth-order valence-electron chi connectivity index (χ4n) is 3.46. The Balaban J connectivity index is 1.63. The highest BCUT2D eigenvalue weighted by atomic mass is 35.5. The molecule has 144 valence electrons. The number of benzene rings is 2. The molecule has 5 nitrogen and oxygen atoms in total. The van der Waals surface area contributed by atoms with Crippen LogP contribution in [0.3, 0.4) is 0 Å². The second-order valence-electron chi connectivity index (χ2n) is 7.04. The van der Waals surface area contributed by atoms with Crippen molar-refractivity contribution >= 4 is 17.5 Å². The molecule has 0 spiro atoms. The summed E-state index contributed by atoms with van der Waals surface area (Å²) in [6, 6.07) is 17.7. The number of nitrogens with zero attached hydrogens (tertiary/aromatic N) is 3. The van der Waals surface area contributed by atoms with Crippen LogP contribution >= 0.6 is 11.6 Å². The van der Waals surface area contributed by atoms with Gasteiger partial charge in [0.1, 0.15) is 11.5 Å². The van der Waals surface area contributed by atoms with Crippen LogP contribution in [0.5, 0.6) is 0 Å². The first-order chi connectivity index (χ1) is 13.7. The molecule has 1 aliphatic heterocycles. The molecule has 0 radical (unpaired) electrons. The van der Waals surface area contributed by atoms with Crippen molar-refractivity contribution in [3.63, 3.8) is 0 Å². The zero-order valence-electron chi connectivity index (χ0n) is 15.6. The van der Waals surface area contributed by atoms with Crippen molar-refractivity contribution in [3.05, 3.63) is 82.9 Å². The van der Waals surface area contributed by atoms with Crippen molar-refractivity contribution in [1.82, 2.24) is 20.0 Å². The highest BCUT2D eigenvalue weighted by Gasteiger charge is 2.19. The van der Waals surface area contributed by atoms with Gasteiger partial charge < -0.3 is 4.57 Å². The molecule has 4 rings (SSSR count). The molecule has 0 unspecified atom stereocenters. The summed E-state index contributed by atoms with van der Waals surface area (Å²) in [5.41, 5.74) is 5.50. The maximum Gasteiger partial charge on any atom is 0.285 e. The number of carbonyl (C=O) groups excluding carboxylic acids is 1. The van der Waals surface area contributed by atoms with Crippen LogP contribution in [0.2, 0.25) is 5.02 Å². The molecule has 1 amide bonds. The molecule has 6 heteroatoms. The van der Waals surface area contributed by atoms with Crippen LogP contribution in [-0.4, -0.2) is 33.6 Å². The van der Waals surface area contributed by atoms with Crippen LogP contribution in [0.1, 0.15) is 41.1 Å². The van der Waals surface area contributed by atoms with Gasteiger partial charge in [0.05, 0.1) is 0 Å². The van der Waals surface area contributed by atoms with E-state index in [0.29, 0.717) is 17.1 Å². The Bertz CT molecular complexity index is 931. The average molecular weight is 395 g/mol. The van der Waals surface area contributed by atoms with Gasteiger partial charge >= 0.3 is 0 Å². The molecule has 0 atom stereocenters. The van der Waals surface area contributed by atoms with E-state index in [1.165, 1.54) is 6.42 Å². The summed E-state index contributed by atoms with van der Waals surface area (Å²) in [7, 11) is 0. The summed E-state index contributed by atoms with van der Waals surface area (Å²) in [5, 5.41) is 2.67. The summed E-state index contributed by atoms with van der Waals surface area (Å²) < 4.78 is 1.97. The van der Waals surface area contributed by atoms with E-state index >= 15 is 0 Å². The lowest BCUT2D eigenvalue weighted by Gasteiger charge is -2.26. The van der Waals surface area contributed by atoms with Gasteiger partial charge in [0.25, 0.3) is 5.91 Å². The van der Waals surface area contributed by atoms with Crippen LogP contribution in [0.4, 0.5) is 0 Å². The predicted octanol–water partition coefficient (Wildman–Crippen LogP) is 4.25. The van der Waals surface area contributed by atoms with Crippen molar-refractivity contribution in [2.75, 3.05) is 13.1 Å². The normalized spacial score (nSPS) is 14.8. The molecule has 28 heavy (non-hydrogen) atoms. The predicted molar refractivity (Wildman–Crippen MR) is 111 cm³/mol. The molecule has 1 N–H and O–H groups in total. The molecule has 1 fully saturated rings. The Morgan fingerprint density at radius 1 is 1.00 bits per heavy atom. The molecule has 0 aliphatic carbocycles. The number of amides is 1. The first-order valence-corrected chi connectivity index (χ1v) is 10.0. The minimum atomic E-state index is -0.163. The lowest BCUT2D eigenvalue weighted by molar-refractivity contribution is 0.0745. The number of hydrazine groups is 1. The Morgan fingerprint density at radius 2 is 1.71 bits per heavy atom. The van der Waals surface area contributed by atoms with Crippen molar-refractivity contribution in [1.29, 1.82) is 0 Å². The summed E-state index contributed by atoms with van der Waals surface area (Å²) in [6.45, 7) is 1.78. The topological polar surface area (TPSA) is 50.2 Å². The number of halogens is 1. The number of nitrogens with one attached hydrogen (secondary N) is 1. The Kier molecular flexibility index (Phi) is 5.74. The zero-order chi connectivity index (χ0) is 19.3. The van der Waals surface area contributed by atoms with E-state index in [0.717, 1.165) is 43.0 Å². The number of hydrogen-bond donors (Lipinski definition) is 1. The van der Waals surface area contributed by atoms with E-state index in [9.17, 15) is 4.79 Å². The molecular formula is C22H23ClN4O. The van der Waals surface area contributed by atoms with E-state index in [4.69, 9.17) is 11.6 Å². The van der Waals surface area contributed by atoms with Crippen LogP contribution in [0, 0.1) is 0 Å². The molecule has 1 saturated heterocycles. The van der Waals surface area contributed by atoms with Crippen LogP contribution in [0.15, 0.2) is 60.8 Å². The third-order valence-electron chi connectivity index (χ3n) is 4.94. The van der Waals surface area contributed by atoms with E-state index in [-0.39, 0.29) is 5.91 Å². The lowest BCUT2D eigenvalue weighted by Crippen LogP contribution is -2.45. The Labute approximate surface area is 169 Å². The maximum atomic E-state index is 12.8. The SMILES string of the molecule is O=C(NN1CCCCC1)c1cn(-c2ccc(Cl)cc2)c(Cc2ccccc2)n1. The van der Waals surface area contributed by atoms with Gasteiger partial charge in [-0.2, -0.15) is 0 Å². The Morgan fingerprint density at radius 3 is 2.43 bits per heavy atom. The molecular weight excluding hydrogens is 372 g/mol. The fraction of sp³-hybridized carbons (Fsp3) is 0.273. The van der Waals surface area contributed by atoms with Gasteiger partial charge in [0, 0.05) is 36.4 Å². The van der Waals surface area contributed by atoms with Crippen molar-refractivity contribution < 1.29 is 4.79 Å². The number of aromatic nitrogens is 2. The van der Waals surface area contributed by atoms with Crippen LogP contribution < -0.4 is 5.43 Å². The number of carbonyl (C=O) groups is 1. The van der Waals surface area contributed by atoms with Gasteiger partial charge in [-0.3, -0.25) is 10.2 Å². The van der Waals surface area contributed by atoms with E-state index in [1.54, 1.807) is 6.20 Å². The summed E-state index contributed by atoms with van der Waals surface area (Å²) >= 11 is 6.04. The molecule has 1 aliphatic rings. The second-order valence-corrected chi connectivity index (χ2v) is 7.48. The second kappa shape index (κ2) is 8.59. The number of imidazole rings is 1. The zero-order valence-corrected chi connectivity index (χ0v) is 16.4. The Hall–Kier alpha value is -2.63. The largest absolute Gasteiger partial charge is 0.303 e. The highest BCUT2D eigenvalue weighted by molar-refractivity contribution is 6.30. The lowest BCUT2D eigenvalue weighted by atomic mass is 10.1. The minimum absolute atomic E-state index is 0.163. The third kappa shape index (κ3) is 4.43. The van der Waals surface area contributed by atoms with Gasteiger partial charge in [-0.1, -0.05) is 48.4 Å². The van der Waals surface area contributed by atoms with Gasteiger partial charge in [-0.15, -0.1) is 0 Å². The maximum absolute atomic E-state index is 12.8. The van der Waals surface area contributed by atoms with Crippen LogP contribution in [-0.2, 0) is 6.42 Å². The van der Waals surface area contributed by atoms with Crippen molar-refractivity contribution in [3.8, 4) is 5.69 Å². The van der Waals surface area contributed by atoms with Gasteiger partial charge in [0.2, 0.25) is 0 Å². The van der Waals surface area contributed by atoms with E-state index in [2.05, 4.69) is 22.5 Å². The molecule has 1 aromatic heterocycles. The van der Waals surface area contributed by atoms with Gasteiger partial charge in [-0.25, -0.2) is 9.99 Å². The summed E-state index contributed by atoms with van der Waals surface area (Å²) in [5.74, 6) is 0.654. The van der Waals surface area contributed by atoms with E-state index < -0.39 is 0 Å². The number of hydrogen-bond acceptors (Lipinski definition) is 3. The van der Waals surface area contributed by atoms with Crippen molar-refractivity contribution in [2.45, 2.75) is 25.7 Å². The minimum Gasteiger partial charge on any atom is -0.303 e. The monoisotopic (exact) mass is 394 g/mol. The molecule has 0 saturated carbocycles. The number of piperidine rings is 1. The fourth-order valence-corrected chi connectivity index (χ4v) is 3.59. The smallest absolute Gasteiger partial charge is 0.285 e. The quantitative estimate of drug-likeness (QED) is 0.703. The third-order valence-corrected chi connectivity index (χ3v) is 5.19. The number of rotatable bonds is 5. The molecule has 2 aromatic carbocycles. The molecule has 0 bridgehead atoms. The summed E-state index contributed by atoms with van der Waals surface area (Å²) in [6.07, 6.45) is 5.89. The van der Waals surface area contributed by atoms with E-state index in [1.807, 2.05) is 52.0 Å². The molecule has 2 heterocycles. The highest BCUT2D eigenvalue weighted by Crippen LogP contribution is 2.19. The van der Waals surface area contributed by atoms with Gasteiger partial charge in [0.15, 0.2) is 0 Å². The first-order valence-electron chi connectivity index (χ1n) is 9.63.